The Morgan fingerprint density at radius 3 is 2.72 bits per heavy atom. The Balaban J connectivity index is 1.55. The van der Waals surface area contributed by atoms with E-state index in [0.29, 0.717) is 37.4 Å². The van der Waals surface area contributed by atoms with Crippen LogP contribution in [0, 0.1) is 11.7 Å². The number of hydrogen-bond acceptors (Lipinski definition) is 4. The molecular formula is C19H28FN3O2. The molecule has 0 bridgehead atoms. The lowest BCUT2D eigenvalue weighted by Gasteiger charge is -2.37. The molecule has 1 aromatic carbocycles. The molecule has 0 radical (unpaired) electrons. The lowest BCUT2D eigenvalue weighted by atomic mass is 9.93. The number of carbonyl (C=O) groups is 1. The molecule has 1 N–H and O–H groups in total. The topological polar surface area (TPSA) is 44.8 Å². The second-order valence-electron chi connectivity index (χ2n) is 7.10. The molecule has 0 spiro atoms. The Morgan fingerprint density at radius 1 is 1.32 bits per heavy atom. The maximum atomic E-state index is 14.5. The van der Waals surface area contributed by atoms with Crippen LogP contribution in [0.25, 0.3) is 0 Å². The van der Waals surface area contributed by atoms with E-state index in [1.165, 1.54) is 0 Å². The first-order valence-corrected chi connectivity index (χ1v) is 9.14. The van der Waals surface area contributed by atoms with Crippen LogP contribution in [0.2, 0.25) is 0 Å². The van der Waals surface area contributed by atoms with Gasteiger partial charge in [0.25, 0.3) is 0 Å². The third-order valence-corrected chi connectivity index (χ3v) is 5.28. The third-order valence-electron chi connectivity index (χ3n) is 5.28. The van der Waals surface area contributed by atoms with Gasteiger partial charge in [-0.1, -0.05) is 13.0 Å². The van der Waals surface area contributed by atoms with Gasteiger partial charge in [0, 0.05) is 45.7 Å². The number of carbonyl (C=O) groups excluding carboxylic acids is 1. The second-order valence-corrected chi connectivity index (χ2v) is 7.10. The predicted molar refractivity (Wildman–Crippen MR) is 96.1 cm³/mol. The van der Waals surface area contributed by atoms with E-state index in [9.17, 15) is 9.18 Å². The van der Waals surface area contributed by atoms with Gasteiger partial charge in [-0.15, -0.1) is 0 Å². The fourth-order valence-electron chi connectivity index (χ4n) is 3.70. The Morgan fingerprint density at radius 2 is 2.08 bits per heavy atom. The molecule has 2 fully saturated rings. The summed E-state index contributed by atoms with van der Waals surface area (Å²) in [5.74, 6) is 0.377. The quantitative estimate of drug-likeness (QED) is 0.903. The summed E-state index contributed by atoms with van der Waals surface area (Å²) in [6, 6.07) is 5.86. The number of piperidine rings is 1. The average Bonchev–Trinajstić information content (AvgIpc) is 2.61. The molecule has 1 amide bonds. The van der Waals surface area contributed by atoms with Gasteiger partial charge in [-0.2, -0.15) is 0 Å². The molecule has 0 saturated carbocycles. The summed E-state index contributed by atoms with van der Waals surface area (Å²) in [5, 5.41) is 3.54. The van der Waals surface area contributed by atoms with Crippen LogP contribution in [0.3, 0.4) is 0 Å². The molecule has 2 aliphatic heterocycles. The minimum absolute atomic E-state index is 0.145. The van der Waals surface area contributed by atoms with E-state index in [1.807, 2.05) is 21.9 Å². The maximum absolute atomic E-state index is 14.5. The van der Waals surface area contributed by atoms with Crippen LogP contribution in [-0.2, 0) is 16.1 Å². The SMILES string of the molecule is CC(=O)N1CC[C@H](NCc2ccc(N3CCOCC3)c(F)c2)[C@@H](C)C1. The largest absolute Gasteiger partial charge is 0.378 e. The summed E-state index contributed by atoms with van der Waals surface area (Å²) in [7, 11) is 0. The van der Waals surface area contributed by atoms with Gasteiger partial charge in [0.2, 0.25) is 5.91 Å². The first kappa shape index (κ1) is 18.1. The second kappa shape index (κ2) is 8.15. The van der Waals surface area contributed by atoms with Crippen LogP contribution in [0.5, 0.6) is 0 Å². The smallest absolute Gasteiger partial charge is 0.219 e. The number of amides is 1. The zero-order chi connectivity index (χ0) is 17.8. The molecular weight excluding hydrogens is 321 g/mol. The molecule has 25 heavy (non-hydrogen) atoms. The van der Waals surface area contributed by atoms with Gasteiger partial charge in [0.15, 0.2) is 0 Å². The van der Waals surface area contributed by atoms with Crippen molar-refractivity contribution in [2.24, 2.45) is 5.92 Å². The average molecular weight is 349 g/mol. The van der Waals surface area contributed by atoms with E-state index in [4.69, 9.17) is 4.74 Å². The van der Waals surface area contributed by atoms with Crippen molar-refractivity contribution in [1.29, 1.82) is 0 Å². The van der Waals surface area contributed by atoms with Gasteiger partial charge >= 0.3 is 0 Å². The van der Waals surface area contributed by atoms with E-state index in [-0.39, 0.29) is 11.7 Å². The Hall–Kier alpha value is -1.66. The minimum Gasteiger partial charge on any atom is -0.378 e. The normalized spacial score (nSPS) is 24.4. The Bertz CT molecular complexity index is 604. The first-order valence-electron chi connectivity index (χ1n) is 9.14. The molecule has 2 saturated heterocycles. The summed E-state index contributed by atoms with van der Waals surface area (Å²) in [5.41, 5.74) is 1.62. The zero-order valence-electron chi connectivity index (χ0n) is 15.1. The third kappa shape index (κ3) is 4.50. The van der Waals surface area contributed by atoms with Gasteiger partial charge in [-0.3, -0.25) is 4.79 Å². The zero-order valence-corrected chi connectivity index (χ0v) is 15.1. The summed E-state index contributed by atoms with van der Waals surface area (Å²) >= 11 is 0. The highest BCUT2D eigenvalue weighted by molar-refractivity contribution is 5.73. The van der Waals surface area contributed by atoms with Gasteiger partial charge in [-0.05, 0) is 30.0 Å². The highest BCUT2D eigenvalue weighted by Crippen LogP contribution is 2.22. The molecule has 0 aliphatic carbocycles. The van der Waals surface area contributed by atoms with Crippen molar-refractivity contribution < 1.29 is 13.9 Å². The van der Waals surface area contributed by atoms with Crippen molar-refractivity contribution in [2.45, 2.75) is 32.9 Å². The molecule has 2 atom stereocenters. The highest BCUT2D eigenvalue weighted by Gasteiger charge is 2.26. The lowest BCUT2D eigenvalue weighted by molar-refractivity contribution is -0.130. The fraction of sp³-hybridized carbons (Fsp3) is 0.632. The fourth-order valence-corrected chi connectivity index (χ4v) is 3.70. The van der Waals surface area contributed by atoms with Crippen molar-refractivity contribution in [3.63, 3.8) is 0 Å². The molecule has 0 unspecified atom stereocenters. The molecule has 0 aromatic heterocycles. The number of hydrogen-bond donors (Lipinski definition) is 1. The minimum atomic E-state index is -0.166. The molecule has 2 aliphatic rings. The number of likely N-dealkylation sites (tertiary alicyclic amines) is 1. The van der Waals surface area contributed by atoms with Crippen molar-refractivity contribution in [2.75, 3.05) is 44.3 Å². The molecule has 3 rings (SSSR count). The Kier molecular flexibility index (Phi) is 5.91. The van der Waals surface area contributed by atoms with Crippen molar-refractivity contribution in [1.82, 2.24) is 10.2 Å². The Labute approximate surface area is 149 Å². The summed E-state index contributed by atoms with van der Waals surface area (Å²) in [6.45, 7) is 8.79. The van der Waals surface area contributed by atoms with Crippen molar-refractivity contribution >= 4 is 11.6 Å². The van der Waals surface area contributed by atoms with E-state index in [0.717, 1.165) is 38.2 Å². The van der Waals surface area contributed by atoms with Gasteiger partial charge in [0.1, 0.15) is 5.82 Å². The molecule has 6 heteroatoms. The number of benzene rings is 1. The van der Waals surface area contributed by atoms with E-state index in [1.54, 1.807) is 13.0 Å². The number of nitrogens with zero attached hydrogens (tertiary/aromatic N) is 2. The number of ether oxygens (including phenoxy) is 1. The number of rotatable bonds is 4. The number of nitrogens with one attached hydrogen (secondary N) is 1. The van der Waals surface area contributed by atoms with Crippen LogP contribution in [0.4, 0.5) is 10.1 Å². The monoisotopic (exact) mass is 349 g/mol. The van der Waals surface area contributed by atoms with E-state index in [2.05, 4.69) is 12.2 Å². The van der Waals surface area contributed by atoms with E-state index >= 15 is 0 Å². The van der Waals surface area contributed by atoms with Gasteiger partial charge < -0.3 is 19.9 Å². The lowest BCUT2D eigenvalue weighted by Crippen LogP contribution is -2.49. The molecule has 138 valence electrons. The standard InChI is InChI=1S/C19H28FN3O2/c1-14-13-23(15(2)24)6-5-18(14)21-12-16-3-4-19(17(20)11-16)22-7-9-25-10-8-22/h3-4,11,14,18,21H,5-10,12-13H2,1-2H3/t14-,18-/m0/s1. The summed E-state index contributed by atoms with van der Waals surface area (Å²) in [4.78, 5) is 15.4. The molecule has 2 heterocycles. The summed E-state index contributed by atoms with van der Waals surface area (Å²) < 4.78 is 19.8. The van der Waals surface area contributed by atoms with Gasteiger partial charge in [-0.25, -0.2) is 4.39 Å². The number of anilines is 1. The van der Waals surface area contributed by atoms with Crippen LogP contribution in [-0.4, -0.2) is 56.2 Å². The maximum Gasteiger partial charge on any atom is 0.219 e. The summed E-state index contributed by atoms with van der Waals surface area (Å²) in [6.07, 6.45) is 0.940. The van der Waals surface area contributed by atoms with Gasteiger partial charge in [0.05, 0.1) is 18.9 Å². The van der Waals surface area contributed by atoms with Crippen LogP contribution in [0.1, 0.15) is 25.8 Å². The predicted octanol–water partition coefficient (Wildman–Crippen LogP) is 2.01. The molecule has 5 nitrogen and oxygen atoms in total. The number of halogens is 1. The van der Waals surface area contributed by atoms with Crippen LogP contribution < -0.4 is 10.2 Å². The van der Waals surface area contributed by atoms with Crippen LogP contribution >= 0.6 is 0 Å². The number of morpholine rings is 1. The van der Waals surface area contributed by atoms with E-state index < -0.39 is 0 Å². The first-order chi connectivity index (χ1) is 12.0. The van der Waals surface area contributed by atoms with Crippen LogP contribution in [0.15, 0.2) is 18.2 Å². The molecule has 1 aromatic rings. The highest BCUT2D eigenvalue weighted by atomic mass is 19.1. The van der Waals surface area contributed by atoms with Crippen molar-refractivity contribution in [3.05, 3.63) is 29.6 Å². The van der Waals surface area contributed by atoms with Crippen molar-refractivity contribution in [3.8, 4) is 0 Å².